The second-order valence-corrected chi connectivity index (χ2v) is 10.8. The van der Waals surface area contributed by atoms with Crippen molar-refractivity contribution in [3.63, 3.8) is 0 Å². The van der Waals surface area contributed by atoms with E-state index in [9.17, 15) is 19.5 Å². The van der Waals surface area contributed by atoms with Gasteiger partial charge in [-0.2, -0.15) is 0 Å². The van der Waals surface area contributed by atoms with Crippen LogP contribution in [0.2, 0.25) is 0 Å². The molecule has 2 aliphatic rings. The van der Waals surface area contributed by atoms with Gasteiger partial charge in [-0.3, -0.25) is 14.5 Å². The first-order valence-electron chi connectivity index (χ1n) is 10.4. The van der Waals surface area contributed by atoms with Gasteiger partial charge in [0.25, 0.3) is 11.8 Å². The lowest BCUT2D eigenvalue weighted by molar-refractivity contribution is -0.189. The van der Waals surface area contributed by atoms with Gasteiger partial charge in [-0.25, -0.2) is 4.79 Å². The summed E-state index contributed by atoms with van der Waals surface area (Å²) in [4.78, 5) is 41.8. The highest BCUT2D eigenvalue weighted by molar-refractivity contribution is 8.01. The maximum Gasteiger partial charge on any atom is 0.327 e. The number of nitrogens with zero attached hydrogens (tertiary/aromatic N) is 2. The maximum atomic E-state index is 13.6. The Balaban J connectivity index is 1.92. The highest BCUT2D eigenvalue weighted by Crippen LogP contribution is 2.56. The number of carboxylic acid groups (broad SMARTS) is 1. The summed E-state index contributed by atoms with van der Waals surface area (Å²) in [5.41, 5.74) is -1.33. The molecule has 2 amide bonds. The Morgan fingerprint density at radius 3 is 2.29 bits per heavy atom. The number of β-lactam (4-membered cyclic amide) rings is 1. The fourth-order valence-corrected chi connectivity index (χ4v) is 6.49. The van der Waals surface area contributed by atoms with Gasteiger partial charge in [-0.05, 0) is 53.7 Å². The highest BCUT2D eigenvalue weighted by atomic mass is 32.2. The Morgan fingerprint density at radius 2 is 1.77 bits per heavy atom. The number of aliphatic carboxylic acids is 1. The van der Waals surface area contributed by atoms with Crippen LogP contribution in [0.5, 0.6) is 5.75 Å². The van der Waals surface area contributed by atoms with Crippen LogP contribution >= 0.6 is 11.8 Å². The minimum atomic E-state index is -1.33. The van der Waals surface area contributed by atoms with Crippen molar-refractivity contribution in [3.8, 4) is 5.75 Å². The van der Waals surface area contributed by atoms with Gasteiger partial charge >= 0.3 is 5.97 Å². The van der Waals surface area contributed by atoms with Crippen LogP contribution < -0.4 is 10.1 Å². The lowest BCUT2D eigenvalue weighted by Crippen LogP contribution is -2.87. The van der Waals surface area contributed by atoms with Crippen molar-refractivity contribution in [2.45, 2.75) is 75.5 Å². The van der Waals surface area contributed by atoms with E-state index in [-0.39, 0.29) is 18.7 Å². The lowest BCUT2D eigenvalue weighted by atomic mass is 9.88. The van der Waals surface area contributed by atoms with E-state index in [1.807, 2.05) is 64.6 Å². The molecule has 2 N–H and O–H groups in total. The van der Waals surface area contributed by atoms with Crippen LogP contribution in [0.25, 0.3) is 0 Å². The zero-order valence-electron chi connectivity index (χ0n) is 18.8. The predicted octanol–water partition coefficient (Wildman–Crippen LogP) is 2.14. The van der Waals surface area contributed by atoms with Crippen LogP contribution in [-0.4, -0.2) is 73.2 Å². The Bertz CT molecular complexity index is 852. The number of ether oxygens (including phenoxy) is 1. The van der Waals surface area contributed by atoms with Gasteiger partial charge < -0.3 is 20.1 Å². The summed E-state index contributed by atoms with van der Waals surface area (Å²) in [7, 11) is 0. The summed E-state index contributed by atoms with van der Waals surface area (Å²) in [6.45, 7) is 11.2. The normalized spacial score (nSPS) is 26.7. The molecule has 2 saturated heterocycles. The van der Waals surface area contributed by atoms with E-state index in [0.29, 0.717) is 5.75 Å². The lowest BCUT2D eigenvalue weighted by Gasteiger charge is -2.59. The Hall–Kier alpha value is -2.26. The number of carbonyl (C=O) groups excluding carboxylic acids is 2. The third-order valence-corrected chi connectivity index (χ3v) is 7.34. The SMILES string of the molecule is CC(C)N(C(C)C)C1(NC(=O)COc2ccccc2)C(=O)N2[C@@H](C(=O)O)C(C)(C)S[C@@H]21. The van der Waals surface area contributed by atoms with Crippen molar-refractivity contribution in [2.24, 2.45) is 0 Å². The average molecular weight is 450 g/mol. The molecule has 2 heterocycles. The molecule has 0 radical (unpaired) electrons. The molecule has 0 aliphatic carbocycles. The molecule has 3 rings (SSSR count). The molecule has 1 aromatic rings. The number of carboxylic acids is 1. The van der Waals surface area contributed by atoms with Gasteiger partial charge in [0.05, 0.1) is 0 Å². The Morgan fingerprint density at radius 1 is 1.19 bits per heavy atom. The third kappa shape index (κ3) is 3.89. The predicted molar refractivity (Wildman–Crippen MR) is 119 cm³/mol. The van der Waals surface area contributed by atoms with Crippen LogP contribution in [0.15, 0.2) is 30.3 Å². The fourth-order valence-electron chi connectivity index (χ4n) is 4.79. The number of amides is 2. The van der Waals surface area contributed by atoms with E-state index in [1.165, 1.54) is 16.7 Å². The molecular weight excluding hydrogens is 418 g/mol. The fraction of sp³-hybridized carbons (Fsp3) is 0.591. The number of rotatable bonds is 8. The average Bonchev–Trinajstić information content (AvgIpc) is 2.95. The van der Waals surface area contributed by atoms with Crippen LogP contribution in [0.3, 0.4) is 0 Å². The Labute approximate surface area is 187 Å². The minimum absolute atomic E-state index is 0.0611. The Kier molecular flexibility index (Phi) is 6.30. The summed E-state index contributed by atoms with van der Waals surface area (Å²) in [6.07, 6.45) is 0. The number of carbonyl (C=O) groups is 3. The molecule has 31 heavy (non-hydrogen) atoms. The molecule has 0 saturated carbocycles. The molecule has 0 spiro atoms. The second kappa shape index (κ2) is 8.35. The standard InChI is InChI=1S/C22H31N3O5S/c1-13(2)25(14(3)4)22(23-16(26)12-30-15-10-8-7-9-11-15)19(29)24-17(18(27)28)21(5,6)31-20(22)24/h7-11,13-14,17,20H,12H2,1-6H3,(H,23,26)(H,27,28)/t17-,20+,22?/m0/s1. The third-order valence-electron chi connectivity index (χ3n) is 5.72. The summed E-state index contributed by atoms with van der Waals surface area (Å²) >= 11 is 1.41. The van der Waals surface area contributed by atoms with Gasteiger partial charge in [-0.15, -0.1) is 11.8 Å². The molecule has 8 nitrogen and oxygen atoms in total. The number of para-hydroxylation sites is 1. The van der Waals surface area contributed by atoms with Crippen molar-refractivity contribution in [2.75, 3.05) is 6.61 Å². The molecule has 0 bridgehead atoms. The van der Waals surface area contributed by atoms with E-state index >= 15 is 0 Å². The van der Waals surface area contributed by atoms with Gasteiger partial charge in [-0.1, -0.05) is 18.2 Å². The number of hydrogen-bond donors (Lipinski definition) is 2. The van der Waals surface area contributed by atoms with Crippen LogP contribution in [0, 0.1) is 0 Å². The van der Waals surface area contributed by atoms with E-state index < -0.39 is 39.6 Å². The molecule has 1 unspecified atom stereocenters. The van der Waals surface area contributed by atoms with E-state index in [4.69, 9.17) is 4.74 Å². The van der Waals surface area contributed by atoms with Crippen molar-refractivity contribution in [1.29, 1.82) is 0 Å². The first-order chi connectivity index (χ1) is 14.4. The van der Waals surface area contributed by atoms with E-state index in [0.717, 1.165) is 0 Å². The van der Waals surface area contributed by atoms with Crippen LogP contribution in [-0.2, 0) is 14.4 Å². The summed E-state index contributed by atoms with van der Waals surface area (Å²) in [6, 6.07) is 7.89. The van der Waals surface area contributed by atoms with Gasteiger partial charge in [0.15, 0.2) is 6.61 Å². The largest absolute Gasteiger partial charge is 0.484 e. The minimum Gasteiger partial charge on any atom is -0.484 e. The first-order valence-corrected chi connectivity index (χ1v) is 11.3. The summed E-state index contributed by atoms with van der Waals surface area (Å²) < 4.78 is 4.88. The molecule has 1 aromatic carbocycles. The van der Waals surface area contributed by atoms with Crippen LogP contribution in [0.4, 0.5) is 0 Å². The van der Waals surface area contributed by atoms with E-state index in [2.05, 4.69) is 5.32 Å². The number of fused-ring (bicyclic) bond motifs is 1. The first kappa shape index (κ1) is 23.4. The molecule has 170 valence electrons. The van der Waals surface area contributed by atoms with Gasteiger partial charge in [0.2, 0.25) is 5.66 Å². The molecular formula is C22H31N3O5S. The zero-order valence-corrected chi connectivity index (χ0v) is 19.6. The number of nitrogens with one attached hydrogen (secondary N) is 1. The summed E-state index contributed by atoms with van der Waals surface area (Å²) in [5.74, 6) is -1.31. The maximum absolute atomic E-state index is 13.6. The highest BCUT2D eigenvalue weighted by Gasteiger charge is 2.74. The van der Waals surface area contributed by atoms with Crippen molar-refractivity contribution in [3.05, 3.63) is 30.3 Å². The smallest absolute Gasteiger partial charge is 0.327 e. The molecule has 2 fully saturated rings. The van der Waals surface area contributed by atoms with Crippen LogP contribution in [0.1, 0.15) is 41.5 Å². The quantitative estimate of drug-likeness (QED) is 0.463. The van der Waals surface area contributed by atoms with Crippen molar-refractivity contribution < 1.29 is 24.2 Å². The number of benzene rings is 1. The topological polar surface area (TPSA) is 99.2 Å². The van der Waals surface area contributed by atoms with E-state index in [1.54, 1.807) is 12.1 Å². The molecule has 0 aromatic heterocycles. The molecule has 2 aliphatic heterocycles. The van der Waals surface area contributed by atoms with Crippen molar-refractivity contribution >= 4 is 29.5 Å². The monoisotopic (exact) mass is 449 g/mol. The molecule has 9 heteroatoms. The van der Waals surface area contributed by atoms with Crippen molar-refractivity contribution in [1.82, 2.24) is 15.1 Å². The van der Waals surface area contributed by atoms with Gasteiger partial charge in [0, 0.05) is 16.8 Å². The number of hydrogen-bond acceptors (Lipinski definition) is 6. The molecule has 3 atom stereocenters. The zero-order chi connectivity index (χ0) is 23.1. The number of thioether (sulfide) groups is 1. The summed E-state index contributed by atoms with van der Waals surface area (Å²) in [5, 5.41) is 12.2. The van der Waals surface area contributed by atoms with Gasteiger partial charge in [0.1, 0.15) is 17.2 Å². The second-order valence-electron chi connectivity index (χ2n) is 9.04.